The quantitative estimate of drug-likeness (QED) is 0.471. The van der Waals surface area contributed by atoms with Crippen LogP contribution < -0.4 is 10.6 Å². The molecule has 0 bridgehead atoms. The van der Waals surface area contributed by atoms with Crippen molar-refractivity contribution in [1.29, 1.82) is 0 Å². The molecule has 0 spiro atoms. The van der Waals surface area contributed by atoms with Crippen molar-refractivity contribution in [3.8, 4) is 0 Å². The third-order valence-electron chi connectivity index (χ3n) is 2.90. The first-order valence-corrected chi connectivity index (χ1v) is 6.51. The van der Waals surface area contributed by atoms with Gasteiger partial charge in [-0.25, -0.2) is 0 Å². The first-order chi connectivity index (χ1) is 8.33. The van der Waals surface area contributed by atoms with E-state index in [1.54, 1.807) is 0 Å². The Morgan fingerprint density at radius 1 is 1.35 bits per heavy atom. The second-order valence-electron chi connectivity index (χ2n) is 4.42. The molecule has 17 heavy (non-hydrogen) atoms. The Labute approximate surface area is 104 Å². The maximum atomic E-state index is 11.5. The van der Waals surface area contributed by atoms with Crippen LogP contribution in [0, 0.1) is 0 Å². The molecule has 0 atom stereocenters. The average molecular weight is 240 g/mol. The standard InChI is InChI=1S/C13H24N2O2/c1-2-3-9-17-10-8-14-11-13(16)15-12-6-4-5-7-12/h2,12,14H,1,3-11H2,(H,15,16). The summed E-state index contributed by atoms with van der Waals surface area (Å²) >= 11 is 0. The van der Waals surface area contributed by atoms with Crippen LogP contribution in [0.25, 0.3) is 0 Å². The number of carbonyl (C=O) groups is 1. The first kappa shape index (κ1) is 14.2. The lowest BCUT2D eigenvalue weighted by molar-refractivity contribution is -0.120. The summed E-state index contributed by atoms with van der Waals surface area (Å²) in [4.78, 5) is 11.5. The number of rotatable bonds is 9. The van der Waals surface area contributed by atoms with Gasteiger partial charge in [-0.3, -0.25) is 4.79 Å². The van der Waals surface area contributed by atoms with Gasteiger partial charge in [0.2, 0.25) is 5.91 Å². The number of nitrogens with one attached hydrogen (secondary N) is 2. The maximum Gasteiger partial charge on any atom is 0.234 e. The van der Waals surface area contributed by atoms with E-state index in [1.165, 1.54) is 12.8 Å². The van der Waals surface area contributed by atoms with Gasteiger partial charge in [0, 0.05) is 12.6 Å². The molecule has 0 aliphatic heterocycles. The number of ether oxygens (including phenoxy) is 1. The molecule has 1 fully saturated rings. The van der Waals surface area contributed by atoms with Crippen molar-refractivity contribution in [2.24, 2.45) is 0 Å². The summed E-state index contributed by atoms with van der Waals surface area (Å²) in [6, 6.07) is 0.410. The lowest BCUT2D eigenvalue weighted by Crippen LogP contribution is -2.39. The molecule has 4 heteroatoms. The van der Waals surface area contributed by atoms with E-state index >= 15 is 0 Å². The van der Waals surface area contributed by atoms with Gasteiger partial charge in [0.25, 0.3) is 0 Å². The van der Waals surface area contributed by atoms with Crippen molar-refractivity contribution in [2.75, 3.05) is 26.3 Å². The zero-order chi connectivity index (χ0) is 12.3. The summed E-state index contributed by atoms with van der Waals surface area (Å²) in [5.74, 6) is 0.1000. The minimum absolute atomic E-state index is 0.1000. The molecule has 1 amide bonds. The Bertz CT molecular complexity index is 225. The van der Waals surface area contributed by atoms with Crippen molar-refractivity contribution in [1.82, 2.24) is 10.6 Å². The van der Waals surface area contributed by atoms with Gasteiger partial charge < -0.3 is 15.4 Å². The summed E-state index contributed by atoms with van der Waals surface area (Å²) in [5, 5.41) is 6.11. The summed E-state index contributed by atoms with van der Waals surface area (Å²) < 4.78 is 5.32. The van der Waals surface area contributed by atoms with E-state index < -0.39 is 0 Å². The Morgan fingerprint density at radius 2 is 2.12 bits per heavy atom. The molecule has 2 N–H and O–H groups in total. The Kier molecular flexibility index (Phi) is 7.67. The van der Waals surface area contributed by atoms with E-state index in [4.69, 9.17) is 4.74 Å². The van der Waals surface area contributed by atoms with Gasteiger partial charge in [0.15, 0.2) is 0 Å². The first-order valence-electron chi connectivity index (χ1n) is 6.51. The van der Waals surface area contributed by atoms with Crippen LogP contribution in [-0.4, -0.2) is 38.3 Å². The molecule has 1 aliphatic rings. The van der Waals surface area contributed by atoms with Gasteiger partial charge in [-0.1, -0.05) is 18.9 Å². The van der Waals surface area contributed by atoms with Gasteiger partial charge in [0.05, 0.1) is 19.8 Å². The van der Waals surface area contributed by atoms with Crippen LogP contribution in [0.15, 0.2) is 12.7 Å². The molecule has 0 aromatic heterocycles. The highest BCUT2D eigenvalue weighted by Gasteiger charge is 2.16. The number of carbonyl (C=O) groups excluding carboxylic acids is 1. The lowest BCUT2D eigenvalue weighted by atomic mass is 10.2. The normalized spacial score (nSPS) is 16.0. The molecule has 1 aliphatic carbocycles. The van der Waals surface area contributed by atoms with Crippen molar-refractivity contribution < 1.29 is 9.53 Å². The average Bonchev–Trinajstić information content (AvgIpc) is 2.80. The van der Waals surface area contributed by atoms with E-state index in [1.807, 2.05) is 6.08 Å². The van der Waals surface area contributed by atoms with Crippen molar-refractivity contribution in [2.45, 2.75) is 38.1 Å². The van der Waals surface area contributed by atoms with Gasteiger partial charge in [-0.2, -0.15) is 0 Å². The van der Waals surface area contributed by atoms with Crippen LogP contribution in [0.4, 0.5) is 0 Å². The predicted octanol–water partition coefficient (Wildman–Crippen LogP) is 1.23. The zero-order valence-electron chi connectivity index (χ0n) is 10.5. The largest absolute Gasteiger partial charge is 0.380 e. The molecule has 4 nitrogen and oxygen atoms in total. The fourth-order valence-corrected chi connectivity index (χ4v) is 1.96. The van der Waals surface area contributed by atoms with E-state index in [0.29, 0.717) is 25.8 Å². The molecule has 0 radical (unpaired) electrons. The van der Waals surface area contributed by atoms with Crippen molar-refractivity contribution in [3.63, 3.8) is 0 Å². The van der Waals surface area contributed by atoms with Gasteiger partial charge in [-0.05, 0) is 19.3 Å². The van der Waals surface area contributed by atoms with Crippen LogP contribution in [0.2, 0.25) is 0 Å². The van der Waals surface area contributed by atoms with Crippen LogP contribution in [-0.2, 0) is 9.53 Å². The topological polar surface area (TPSA) is 50.4 Å². The maximum absolute atomic E-state index is 11.5. The Morgan fingerprint density at radius 3 is 2.82 bits per heavy atom. The third-order valence-corrected chi connectivity index (χ3v) is 2.90. The number of amides is 1. The van der Waals surface area contributed by atoms with Crippen LogP contribution in [0.1, 0.15) is 32.1 Å². The SMILES string of the molecule is C=CCCOCCNCC(=O)NC1CCCC1. The highest BCUT2D eigenvalue weighted by Crippen LogP contribution is 2.17. The monoisotopic (exact) mass is 240 g/mol. The summed E-state index contributed by atoms with van der Waals surface area (Å²) in [5.41, 5.74) is 0. The number of hydrogen-bond acceptors (Lipinski definition) is 3. The lowest BCUT2D eigenvalue weighted by Gasteiger charge is -2.12. The van der Waals surface area contributed by atoms with E-state index in [9.17, 15) is 4.79 Å². The van der Waals surface area contributed by atoms with Crippen molar-refractivity contribution >= 4 is 5.91 Å². The Balaban J connectivity index is 1.87. The highest BCUT2D eigenvalue weighted by molar-refractivity contribution is 5.78. The predicted molar refractivity (Wildman–Crippen MR) is 68.9 cm³/mol. The Hall–Kier alpha value is -0.870. The minimum Gasteiger partial charge on any atom is -0.380 e. The summed E-state index contributed by atoms with van der Waals surface area (Å²) in [6.07, 6.45) is 7.47. The molecule has 0 saturated heterocycles. The zero-order valence-corrected chi connectivity index (χ0v) is 10.5. The molecule has 0 unspecified atom stereocenters. The minimum atomic E-state index is 0.1000. The summed E-state index contributed by atoms with van der Waals surface area (Å²) in [6.45, 7) is 6.08. The van der Waals surface area contributed by atoms with Crippen LogP contribution in [0.3, 0.4) is 0 Å². The van der Waals surface area contributed by atoms with Gasteiger partial charge in [-0.15, -0.1) is 6.58 Å². The number of hydrogen-bond donors (Lipinski definition) is 2. The third kappa shape index (κ3) is 7.13. The van der Waals surface area contributed by atoms with E-state index in [-0.39, 0.29) is 5.91 Å². The fourth-order valence-electron chi connectivity index (χ4n) is 1.96. The second kappa shape index (κ2) is 9.19. The van der Waals surface area contributed by atoms with Crippen LogP contribution >= 0.6 is 0 Å². The molecule has 1 saturated carbocycles. The molecule has 0 aromatic carbocycles. The molecular formula is C13H24N2O2. The van der Waals surface area contributed by atoms with Crippen LogP contribution in [0.5, 0.6) is 0 Å². The van der Waals surface area contributed by atoms with Gasteiger partial charge >= 0.3 is 0 Å². The smallest absolute Gasteiger partial charge is 0.234 e. The molecule has 0 heterocycles. The second-order valence-corrected chi connectivity index (χ2v) is 4.42. The molecule has 0 aromatic rings. The molecule has 1 rings (SSSR count). The molecular weight excluding hydrogens is 216 g/mol. The van der Waals surface area contributed by atoms with E-state index in [0.717, 1.165) is 25.8 Å². The summed E-state index contributed by atoms with van der Waals surface area (Å²) in [7, 11) is 0. The molecule has 98 valence electrons. The van der Waals surface area contributed by atoms with E-state index in [2.05, 4.69) is 17.2 Å². The van der Waals surface area contributed by atoms with Crippen molar-refractivity contribution in [3.05, 3.63) is 12.7 Å². The fraction of sp³-hybridized carbons (Fsp3) is 0.769. The van der Waals surface area contributed by atoms with Gasteiger partial charge in [0.1, 0.15) is 0 Å². The highest BCUT2D eigenvalue weighted by atomic mass is 16.5.